The van der Waals surface area contributed by atoms with Crippen molar-refractivity contribution in [3.05, 3.63) is 53.6 Å². The summed E-state index contributed by atoms with van der Waals surface area (Å²) in [7, 11) is 0. The molecule has 0 aliphatic heterocycles. The van der Waals surface area contributed by atoms with Crippen LogP contribution < -0.4 is 10.6 Å². The van der Waals surface area contributed by atoms with Gasteiger partial charge in [0.05, 0.1) is 0 Å². The summed E-state index contributed by atoms with van der Waals surface area (Å²) >= 11 is 0. The maximum Gasteiger partial charge on any atom is 0.270 e. The topological polar surface area (TPSA) is 82.7 Å². The molecule has 1 aromatic carbocycles. The summed E-state index contributed by atoms with van der Waals surface area (Å²) in [5.74, 6) is 1.06. The maximum absolute atomic E-state index is 12.1. The summed E-state index contributed by atoms with van der Waals surface area (Å²) in [6, 6.07) is 10.0. The number of hydrogen-bond acceptors (Lipinski definition) is 4. The molecule has 0 aliphatic carbocycles. The van der Waals surface area contributed by atoms with E-state index in [0.29, 0.717) is 17.3 Å². The van der Waals surface area contributed by atoms with E-state index in [1.54, 1.807) is 13.0 Å². The molecule has 3 N–H and O–H groups in total. The smallest absolute Gasteiger partial charge is 0.270 e. The van der Waals surface area contributed by atoms with Crippen molar-refractivity contribution < 1.29 is 4.79 Å². The van der Waals surface area contributed by atoms with Crippen LogP contribution in [0, 0.1) is 6.92 Å². The number of nitrogens with one attached hydrogen (secondary N) is 3. The monoisotopic (exact) mass is 337 g/mol. The summed E-state index contributed by atoms with van der Waals surface area (Å²) in [5.41, 5.74) is 2.78. The Morgan fingerprint density at radius 3 is 2.84 bits per heavy atom. The van der Waals surface area contributed by atoms with E-state index >= 15 is 0 Å². The van der Waals surface area contributed by atoms with Crippen molar-refractivity contribution in [3.63, 3.8) is 0 Å². The molecule has 1 amide bonds. The highest BCUT2D eigenvalue weighted by Crippen LogP contribution is 2.18. The van der Waals surface area contributed by atoms with Crippen LogP contribution in [0.5, 0.6) is 0 Å². The molecule has 0 aliphatic rings. The number of para-hydroxylation sites is 1. The summed E-state index contributed by atoms with van der Waals surface area (Å²) in [6.07, 6.45) is 2.90. The Kier molecular flexibility index (Phi) is 4.97. The van der Waals surface area contributed by atoms with Crippen molar-refractivity contribution in [2.45, 2.75) is 33.2 Å². The van der Waals surface area contributed by atoms with Gasteiger partial charge in [0.25, 0.3) is 5.91 Å². The fourth-order valence-corrected chi connectivity index (χ4v) is 2.77. The van der Waals surface area contributed by atoms with Crippen molar-refractivity contribution in [1.29, 1.82) is 0 Å². The van der Waals surface area contributed by atoms with E-state index in [1.807, 2.05) is 32.2 Å². The van der Waals surface area contributed by atoms with E-state index in [0.717, 1.165) is 18.5 Å². The average molecular weight is 337 g/mol. The third-order valence-electron chi connectivity index (χ3n) is 3.87. The number of rotatable bonds is 6. The number of fused-ring (bicyclic) bond motifs is 1. The van der Waals surface area contributed by atoms with Crippen molar-refractivity contribution >= 4 is 22.6 Å². The fourth-order valence-electron chi connectivity index (χ4n) is 2.77. The normalized spacial score (nSPS) is 11.0. The molecule has 6 heteroatoms. The lowest BCUT2D eigenvalue weighted by Crippen LogP contribution is -2.31. The van der Waals surface area contributed by atoms with E-state index in [4.69, 9.17) is 0 Å². The van der Waals surface area contributed by atoms with Crippen LogP contribution >= 0.6 is 0 Å². The van der Waals surface area contributed by atoms with Gasteiger partial charge in [-0.05, 0) is 38.8 Å². The molecule has 25 heavy (non-hydrogen) atoms. The number of amides is 1. The Hall–Kier alpha value is -2.89. The second-order valence-electron chi connectivity index (χ2n) is 6.35. The molecule has 0 radical (unpaired) electrons. The quantitative estimate of drug-likeness (QED) is 0.645. The zero-order valence-corrected chi connectivity index (χ0v) is 14.8. The van der Waals surface area contributed by atoms with Gasteiger partial charge in [0.2, 0.25) is 0 Å². The van der Waals surface area contributed by atoms with Gasteiger partial charge in [0.15, 0.2) is 0 Å². The zero-order chi connectivity index (χ0) is 17.8. The van der Waals surface area contributed by atoms with Gasteiger partial charge in [-0.15, -0.1) is 0 Å². The number of aromatic nitrogens is 3. The van der Waals surface area contributed by atoms with Gasteiger partial charge in [-0.2, -0.15) is 0 Å². The second-order valence-corrected chi connectivity index (χ2v) is 6.35. The summed E-state index contributed by atoms with van der Waals surface area (Å²) in [6.45, 7) is 6.36. The van der Waals surface area contributed by atoms with E-state index < -0.39 is 0 Å². The first-order valence-corrected chi connectivity index (χ1v) is 8.48. The summed E-state index contributed by atoms with van der Waals surface area (Å²) in [5, 5.41) is 7.38. The molecule has 3 aromatic rings. The van der Waals surface area contributed by atoms with Crippen molar-refractivity contribution in [2.75, 3.05) is 11.9 Å². The van der Waals surface area contributed by atoms with Crippen LogP contribution in [0.1, 0.15) is 35.7 Å². The third-order valence-corrected chi connectivity index (χ3v) is 3.87. The summed E-state index contributed by atoms with van der Waals surface area (Å²) < 4.78 is 0. The molecule has 0 atom stereocenters. The average Bonchev–Trinajstić information content (AvgIpc) is 2.97. The van der Waals surface area contributed by atoms with Crippen LogP contribution in [0.2, 0.25) is 0 Å². The molecule has 0 unspecified atom stereocenters. The van der Waals surface area contributed by atoms with Gasteiger partial charge in [-0.1, -0.05) is 18.2 Å². The van der Waals surface area contributed by atoms with Crippen molar-refractivity contribution in [1.82, 2.24) is 20.3 Å². The van der Waals surface area contributed by atoms with Crippen molar-refractivity contribution in [3.8, 4) is 0 Å². The predicted molar refractivity (Wildman–Crippen MR) is 99.9 cm³/mol. The molecule has 0 saturated heterocycles. The number of anilines is 1. The highest BCUT2D eigenvalue weighted by Gasteiger charge is 2.11. The van der Waals surface area contributed by atoms with Gasteiger partial charge in [0, 0.05) is 35.8 Å². The van der Waals surface area contributed by atoms with Crippen LogP contribution in [0.15, 0.2) is 36.5 Å². The maximum atomic E-state index is 12.1. The number of benzene rings is 1. The van der Waals surface area contributed by atoms with E-state index in [2.05, 4.69) is 37.7 Å². The minimum Gasteiger partial charge on any atom is -0.370 e. The molecule has 0 saturated carbocycles. The Balaban J connectivity index is 1.67. The highest BCUT2D eigenvalue weighted by atomic mass is 16.1. The molecule has 130 valence electrons. The number of carbonyl (C=O) groups excluding carboxylic acids is 1. The summed E-state index contributed by atoms with van der Waals surface area (Å²) in [4.78, 5) is 24.0. The number of nitrogens with zero attached hydrogens (tertiary/aromatic N) is 2. The number of aromatic amines is 1. The molecule has 2 heterocycles. The van der Waals surface area contributed by atoms with Gasteiger partial charge in [-0.25, -0.2) is 9.97 Å². The predicted octanol–water partition coefficient (Wildman–Crippen LogP) is 3.06. The Morgan fingerprint density at radius 1 is 1.24 bits per heavy atom. The fraction of sp³-hybridized carbons (Fsp3) is 0.316. The lowest BCUT2D eigenvalue weighted by Gasteiger charge is -2.10. The highest BCUT2D eigenvalue weighted by molar-refractivity contribution is 5.93. The largest absolute Gasteiger partial charge is 0.370 e. The molecule has 0 bridgehead atoms. The van der Waals surface area contributed by atoms with E-state index in [-0.39, 0.29) is 11.9 Å². The molecule has 2 aromatic heterocycles. The SMILES string of the molecule is Cc1nc(NCCc2c[nH]c3ccccc23)cc(C(=O)NC(C)C)n1. The van der Waals surface area contributed by atoms with Gasteiger partial charge >= 0.3 is 0 Å². The number of aryl methyl sites for hydroxylation is 1. The van der Waals surface area contributed by atoms with Crippen LogP contribution in [0.25, 0.3) is 10.9 Å². The molecular weight excluding hydrogens is 314 g/mol. The first-order chi connectivity index (χ1) is 12.0. The molecular formula is C19H23N5O. The molecule has 0 fully saturated rings. The Bertz CT molecular complexity index is 884. The number of H-pyrrole nitrogens is 1. The van der Waals surface area contributed by atoms with E-state index in [9.17, 15) is 4.79 Å². The zero-order valence-electron chi connectivity index (χ0n) is 14.8. The lowest BCUT2D eigenvalue weighted by molar-refractivity contribution is 0.0937. The molecule has 3 rings (SSSR count). The molecule has 0 spiro atoms. The standard InChI is InChI=1S/C19H23N5O/c1-12(2)22-19(25)17-10-18(24-13(3)23-17)20-9-8-14-11-21-16-7-5-4-6-15(14)16/h4-7,10-12,21H,8-9H2,1-3H3,(H,22,25)(H,20,23,24). The Labute approximate surface area is 147 Å². The lowest BCUT2D eigenvalue weighted by atomic mass is 10.1. The van der Waals surface area contributed by atoms with Crippen LogP contribution in [-0.4, -0.2) is 33.4 Å². The minimum absolute atomic E-state index is 0.0704. The second kappa shape index (κ2) is 7.34. The third kappa shape index (κ3) is 4.15. The number of carbonyl (C=O) groups is 1. The van der Waals surface area contributed by atoms with E-state index in [1.165, 1.54) is 10.9 Å². The van der Waals surface area contributed by atoms with Gasteiger partial charge in [-0.3, -0.25) is 4.79 Å². The first-order valence-electron chi connectivity index (χ1n) is 8.48. The van der Waals surface area contributed by atoms with Crippen molar-refractivity contribution in [2.24, 2.45) is 0 Å². The van der Waals surface area contributed by atoms with Crippen LogP contribution in [-0.2, 0) is 6.42 Å². The van der Waals surface area contributed by atoms with Gasteiger partial charge < -0.3 is 15.6 Å². The molecule has 6 nitrogen and oxygen atoms in total. The number of hydrogen-bond donors (Lipinski definition) is 3. The van der Waals surface area contributed by atoms with Crippen LogP contribution in [0.4, 0.5) is 5.82 Å². The van der Waals surface area contributed by atoms with Gasteiger partial charge in [0.1, 0.15) is 17.3 Å². The minimum atomic E-state index is -0.180. The van der Waals surface area contributed by atoms with Crippen LogP contribution in [0.3, 0.4) is 0 Å². The first kappa shape index (κ1) is 17.0. The Morgan fingerprint density at radius 2 is 2.04 bits per heavy atom.